The van der Waals surface area contributed by atoms with Crippen LogP contribution in [0.1, 0.15) is 58.3 Å². The van der Waals surface area contributed by atoms with Gasteiger partial charge in [0.1, 0.15) is 11.9 Å². The summed E-state index contributed by atoms with van der Waals surface area (Å²) < 4.78 is 33.4. The van der Waals surface area contributed by atoms with Crippen LogP contribution in [0.2, 0.25) is 0 Å². The van der Waals surface area contributed by atoms with Crippen molar-refractivity contribution in [3.8, 4) is 0 Å². The summed E-state index contributed by atoms with van der Waals surface area (Å²) in [6.45, 7) is 1.89. The van der Waals surface area contributed by atoms with E-state index in [1.54, 1.807) is 30.3 Å². The van der Waals surface area contributed by atoms with Gasteiger partial charge >= 0.3 is 6.09 Å². The van der Waals surface area contributed by atoms with E-state index in [1.807, 2.05) is 23.8 Å². The molecular weight excluding hydrogens is 588 g/mol. The fourth-order valence-corrected chi connectivity index (χ4v) is 6.94. The van der Waals surface area contributed by atoms with Crippen molar-refractivity contribution in [1.82, 2.24) is 14.5 Å². The molecule has 0 spiro atoms. The normalized spacial score (nSPS) is 28.4. The van der Waals surface area contributed by atoms with Gasteiger partial charge in [-0.25, -0.2) is 13.2 Å². The van der Waals surface area contributed by atoms with E-state index in [-0.39, 0.29) is 43.6 Å². The van der Waals surface area contributed by atoms with E-state index in [0.29, 0.717) is 12.1 Å². The lowest BCUT2D eigenvalue weighted by Crippen LogP contribution is -2.46. The number of nitrogens with zero attached hydrogens (tertiary/aromatic N) is 2. The van der Waals surface area contributed by atoms with E-state index in [2.05, 4.69) is 5.32 Å². The molecule has 44 heavy (non-hydrogen) atoms. The summed E-state index contributed by atoms with van der Waals surface area (Å²) in [6, 6.07) is 7.42. The maximum Gasteiger partial charge on any atom is 0.409 e. The quantitative estimate of drug-likeness (QED) is 0.454. The van der Waals surface area contributed by atoms with Gasteiger partial charge < -0.3 is 19.9 Å². The Labute approximate surface area is 258 Å². The van der Waals surface area contributed by atoms with Crippen molar-refractivity contribution in [3.05, 3.63) is 42.5 Å². The summed E-state index contributed by atoms with van der Waals surface area (Å²) in [6.07, 6.45) is 6.65. The van der Waals surface area contributed by atoms with Crippen molar-refractivity contribution in [1.29, 1.82) is 0 Å². The molecule has 240 valence electrons. The zero-order valence-electron chi connectivity index (χ0n) is 25.5. The van der Waals surface area contributed by atoms with Crippen LogP contribution in [0.5, 0.6) is 0 Å². The zero-order valence-corrected chi connectivity index (χ0v) is 26.3. The summed E-state index contributed by atoms with van der Waals surface area (Å²) in [5.74, 6) is -3.96. The second-order valence-corrected chi connectivity index (χ2v) is 14.0. The average molecular weight is 631 g/mol. The number of ketones is 1. The third-order valence-corrected chi connectivity index (χ3v) is 9.69. The van der Waals surface area contributed by atoms with Crippen LogP contribution in [0.25, 0.3) is 0 Å². The molecule has 5 atom stereocenters. The SMILES string of the molecule is C[C@H]1CCCCC/C=C\[C@@H]2C[C@@]2(C(=O)NS(=O)(=O)CC(=O)Nc2ccccc2)CC(=O)[C@@H]2C[C@@H](OC(=O)N(C)C)CN2C1=O. The molecule has 4 amide bonds. The largest absolute Gasteiger partial charge is 0.444 e. The second-order valence-electron chi connectivity index (χ2n) is 12.3. The van der Waals surface area contributed by atoms with Gasteiger partial charge in [0.05, 0.1) is 18.0 Å². The average Bonchev–Trinajstić information content (AvgIpc) is 3.49. The van der Waals surface area contributed by atoms with Crippen LogP contribution in [0.15, 0.2) is 42.5 Å². The highest BCUT2D eigenvalue weighted by atomic mass is 32.2. The highest BCUT2D eigenvalue weighted by molar-refractivity contribution is 7.90. The van der Waals surface area contributed by atoms with Gasteiger partial charge in [-0.2, -0.15) is 0 Å². The van der Waals surface area contributed by atoms with Gasteiger partial charge in [-0.05, 0) is 43.7 Å². The number of benzene rings is 1. The van der Waals surface area contributed by atoms with Gasteiger partial charge in [0.15, 0.2) is 5.78 Å². The molecule has 2 aliphatic heterocycles. The minimum atomic E-state index is -4.38. The molecule has 0 unspecified atom stereocenters. The van der Waals surface area contributed by atoms with Gasteiger partial charge in [0.25, 0.3) is 0 Å². The van der Waals surface area contributed by atoms with Crippen molar-refractivity contribution >= 4 is 45.3 Å². The Bertz CT molecular complexity index is 1400. The molecule has 2 fully saturated rings. The lowest BCUT2D eigenvalue weighted by molar-refractivity contribution is -0.141. The van der Waals surface area contributed by atoms with E-state index in [0.717, 1.165) is 25.7 Å². The minimum absolute atomic E-state index is 0.0621. The third-order valence-electron chi connectivity index (χ3n) is 8.55. The highest BCUT2D eigenvalue weighted by Crippen LogP contribution is 2.57. The summed E-state index contributed by atoms with van der Waals surface area (Å²) in [5, 5.41) is 2.49. The fourth-order valence-electron chi connectivity index (χ4n) is 5.97. The molecule has 0 aromatic heterocycles. The fraction of sp³-hybridized carbons (Fsp3) is 0.581. The first-order valence-corrected chi connectivity index (χ1v) is 16.7. The van der Waals surface area contributed by atoms with Gasteiger partial charge in [-0.1, -0.05) is 50.1 Å². The van der Waals surface area contributed by atoms with E-state index < -0.39 is 57.0 Å². The molecule has 3 aliphatic rings. The number of rotatable bonds is 6. The number of amides is 4. The summed E-state index contributed by atoms with van der Waals surface area (Å²) >= 11 is 0. The highest BCUT2D eigenvalue weighted by Gasteiger charge is 2.61. The molecule has 1 aromatic rings. The van der Waals surface area contributed by atoms with Gasteiger partial charge in [-0.3, -0.25) is 23.9 Å². The molecule has 12 nitrogen and oxygen atoms in total. The first kappa shape index (κ1) is 33.2. The third kappa shape index (κ3) is 8.25. The first-order valence-electron chi connectivity index (χ1n) is 15.1. The molecule has 2 N–H and O–H groups in total. The Hall–Kier alpha value is -3.74. The van der Waals surface area contributed by atoms with Crippen molar-refractivity contribution < 1.29 is 37.1 Å². The molecule has 1 aromatic carbocycles. The Morgan fingerprint density at radius 2 is 1.82 bits per heavy atom. The van der Waals surface area contributed by atoms with Crippen LogP contribution in [0.4, 0.5) is 10.5 Å². The second kappa shape index (κ2) is 13.9. The Kier molecular flexibility index (Phi) is 10.5. The van der Waals surface area contributed by atoms with Crippen molar-refractivity contribution in [2.75, 3.05) is 31.7 Å². The lowest BCUT2D eigenvalue weighted by Gasteiger charge is -2.27. The van der Waals surface area contributed by atoms with Crippen LogP contribution in [-0.2, 0) is 33.9 Å². The molecule has 1 saturated carbocycles. The number of nitrogens with one attached hydrogen (secondary N) is 2. The minimum Gasteiger partial charge on any atom is -0.444 e. The van der Waals surface area contributed by atoms with Crippen LogP contribution < -0.4 is 10.0 Å². The molecule has 1 saturated heterocycles. The smallest absolute Gasteiger partial charge is 0.409 e. The predicted octanol–water partition coefficient (Wildman–Crippen LogP) is 2.86. The number of Topliss-reactive ketones (excluding diaryl/α,β-unsaturated/α-hetero) is 1. The molecule has 0 bridgehead atoms. The lowest BCUT2D eigenvalue weighted by atomic mass is 9.91. The van der Waals surface area contributed by atoms with Crippen LogP contribution >= 0.6 is 0 Å². The van der Waals surface area contributed by atoms with Gasteiger partial charge in [-0.15, -0.1) is 0 Å². The van der Waals surface area contributed by atoms with Crippen LogP contribution in [-0.4, -0.2) is 86.4 Å². The topological polar surface area (TPSA) is 159 Å². The van der Waals surface area contributed by atoms with E-state index >= 15 is 0 Å². The number of hydrogen-bond donors (Lipinski definition) is 2. The van der Waals surface area contributed by atoms with Crippen LogP contribution in [0.3, 0.4) is 0 Å². The number of fused-ring (bicyclic) bond motifs is 2. The Balaban J connectivity index is 1.53. The number of carbonyl (C=O) groups is 5. The molecule has 2 heterocycles. The summed E-state index contributed by atoms with van der Waals surface area (Å²) in [4.78, 5) is 68.4. The standard InChI is InChI=1S/C31H42N4O8S/c1-21-12-8-5-4-6-9-13-22-17-31(22,29(39)33-44(41,42)20-27(37)32-23-14-10-7-11-15-23)18-26(36)25-16-24(19-35(25)28(21)38)43-30(40)34(2)3/h7,9-11,13-15,21-22,24-25H,4-6,8,12,16-20H2,1-3H3,(H,32,37)(H,33,39)/b13-9-/t21-,22+,24+,25-,31+/m0/s1. The van der Waals surface area contributed by atoms with Gasteiger partial charge in [0, 0.05) is 38.5 Å². The van der Waals surface area contributed by atoms with E-state index in [4.69, 9.17) is 4.74 Å². The summed E-state index contributed by atoms with van der Waals surface area (Å²) in [7, 11) is -1.30. The maximum absolute atomic E-state index is 13.9. The first-order chi connectivity index (χ1) is 20.8. The zero-order chi connectivity index (χ0) is 32.1. The Morgan fingerprint density at radius 1 is 1.09 bits per heavy atom. The molecule has 0 radical (unpaired) electrons. The number of anilines is 1. The predicted molar refractivity (Wildman–Crippen MR) is 163 cm³/mol. The number of allylic oxidation sites excluding steroid dienone is 2. The molecular formula is C31H42N4O8S. The number of carbonyl (C=O) groups excluding carboxylic acids is 5. The van der Waals surface area contributed by atoms with E-state index in [9.17, 15) is 32.4 Å². The molecule has 4 rings (SSSR count). The molecule has 1 aliphatic carbocycles. The summed E-state index contributed by atoms with van der Waals surface area (Å²) in [5.41, 5.74) is -0.924. The van der Waals surface area contributed by atoms with Crippen molar-refractivity contribution in [2.45, 2.75) is 70.4 Å². The van der Waals surface area contributed by atoms with Crippen molar-refractivity contribution in [2.24, 2.45) is 17.3 Å². The van der Waals surface area contributed by atoms with Crippen LogP contribution in [0, 0.1) is 17.3 Å². The number of para-hydroxylation sites is 1. The number of sulfonamides is 1. The number of hydrogen-bond acceptors (Lipinski definition) is 8. The monoisotopic (exact) mass is 630 g/mol. The molecule has 13 heteroatoms. The number of ether oxygens (including phenoxy) is 1. The van der Waals surface area contributed by atoms with E-state index in [1.165, 1.54) is 23.9 Å². The maximum atomic E-state index is 13.9. The van der Waals surface area contributed by atoms with Gasteiger partial charge in [0.2, 0.25) is 27.7 Å². The Morgan fingerprint density at radius 3 is 2.52 bits per heavy atom. The van der Waals surface area contributed by atoms with Crippen molar-refractivity contribution in [3.63, 3.8) is 0 Å².